The summed E-state index contributed by atoms with van der Waals surface area (Å²) in [7, 11) is 1.78. The molecule has 1 aliphatic rings. The highest BCUT2D eigenvalue weighted by molar-refractivity contribution is 5.79. The molecule has 0 aliphatic heterocycles. The molecule has 1 saturated carbocycles. The molecule has 2 rings (SSSR count). The van der Waals surface area contributed by atoms with Gasteiger partial charge in [-0.2, -0.15) is 0 Å². The number of hydrogen-bond donors (Lipinski definition) is 2. The summed E-state index contributed by atoms with van der Waals surface area (Å²) in [5, 5.41) is 10.6. The third-order valence-corrected chi connectivity index (χ3v) is 3.08. The van der Waals surface area contributed by atoms with E-state index in [-0.39, 0.29) is 0 Å². The van der Waals surface area contributed by atoms with Gasteiger partial charge in [0, 0.05) is 19.7 Å². The number of guanidine groups is 1. The minimum absolute atomic E-state index is 0.398. The van der Waals surface area contributed by atoms with Gasteiger partial charge in [0.15, 0.2) is 11.7 Å². The fourth-order valence-corrected chi connectivity index (χ4v) is 1.64. The van der Waals surface area contributed by atoms with Crippen LogP contribution in [0.15, 0.2) is 15.6 Å². The molecule has 100 valence electrons. The monoisotopic (exact) mass is 250 g/mol. The van der Waals surface area contributed by atoms with Crippen LogP contribution in [-0.2, 0) is 6.54 Å². The SMILES string of the molecule is CN=C(NCc1cc(C(C)C)no1)NCC1CC1. The zero-order chi connectivity index (χ0) is 13.0. The molecule has 0 radical (unpaired) electrons. The molecule has 18 heavy (non-hydrogen) atoms. The third-order valence-electron chi connectivity index (χ3n) is 3.08. The number of hydrogen-bond acceptors (Lipinski definition) is 3. The van der Waals surface area contributed by atoms with Gasteiger partial charge in [-0.3, -0.25) is 4.99 Å². The molecule has 0 aromatic carbocycles. The van der Waals surface area contributed by atoms with Crippen LogP contribution in [0.25, 0.3) is 0 Å². The Hall–Kier alpha value is -1.52. The molecular formula is C13H22N4O. The molecule has 0 amide bonds. The van der Waals surface area contributed by atoms with Crippen molar-refractivity contribution in [3.8, 4) is 0 Å². The van der Waals surface area contributed by atoms with E-state index in [2.05, 4.69) is 34.6 Å². The van der Waals surface area contributed by atoms with Gasteiger partial charge in [0.05, 0.1) is 12.2 Å². The zero-order valence-corrected chi connectivity index (χ0v) is 11.4. The predicted molar refractivity (Wildman–Crippen MR) is 71.5 cm³/mol. The summed E-state index contributed by atoms with van der Waals surface area (Å²) in [5.74, 6) is 2.90. The molecule has 0 unspecified atom stereocenters. The topological polar surface area (TPSA) is 62.5 Å². The van der Waals surface area contributed by atoms with E-state index in [9.17, 15) is 0 Å². The molecule has 2 N–H and O–H groups in total. The molecule has 1 aromatic heterocycles. The molecule has 5 nitrogen and oxygen atoms in total. The molecule has 0 saturated heterocycles. The van der Waals surface area contributed by atoms with Crippen molar-refractivity contribution in [3.63, 3.8) is 0 Å². The Morgan fingerprint density at radius 1 is 1.50 bits per heavy atom. The smallest absolute Gasteiger partial charge is 0.191 e. The number of aliphatic imine (C=N–C) groups is 1. The van der Waals surface area contributed by atoms with E-state index in [4.69, 9.17) is 4.52 Å². The van der Waals surface area contributed by atoms with Crippen molar-refractivity contribution in [2.45, 2.75) is 39.2 Å². The van der Waals surface area contributed by atoms with Crippen LogP contribution >= 0.6 is 0 Å². The van der Waals surface area contributed by atoms with Crippen LogP contribution in [0.3, 0.4) is 0 Å². The maximum absolute atomic E-state index is 5.26. The van der Waals surface area contributed by atoms with Gasteiger partial charge in [0.2, 0.25) is 0 Å². The molecular weight excluding hydrogens is 228 g/mol. The highest BCUT2D eigenvalue weighted by Gasteiger charge is 2.21. The van der Waals surface area contributed by atoms with Crippen molar-refractivity contribution in [2.75, 3.05) is 13.6 Å². The molecule has 1 aromatic rings. The highest BCUT2D eigenvalue weighted by Crippen LogP contribution is 2.27. The molecule has 1 fully saturated rings. The Morgan fingerprint density at radius 3 is 2.83 bits per heavy atom. The third kappa shape index (κ3) is 3.75. The summed E-state index contributed by atoms with van der Waals surface area (Å²) in [6.45, 7) is 5.83. The van der Waals surface area contributed by atoms with Gasteiger partial charge in [0.1, 0.15) is 0 Å². The van der Waals surface area contributed by atoms with Crippen LogP contribution in [0, 0.1) is 5.92 Å². The van der Waals surface area contributed by atoms with E-state index in [0.29, 0.717) is 12.5 Å². The van der Waals surface area contributed by atoms with Crippen molar-refractivity contribution in [1.82, 2.24) is 15.8 Å². The Balaban J connectivity index is 1.77. The van der Waals surface area contributed by atoms with E-state index < -0.39 is 0 Å². The van der Waals surface area contributed by atoms with Gasteiger partial charge >= 0.3 is 0 Å². The molecule has 0 bridgehead atoms. The van der Waals surface area contributed by atoms with E-state index in [0.717, 1.165) is 29.9 Å². The second-order valence-corrected chi connectivity index (χ2v) is 5.12. The average Bonchev–Trinajstić information content (AvgIpc) is 3.05. The summed E-state index contributed by atoms with van der Waals surface area (Å²) < 4.78 is 5.26. The average molecular weight is 250 g/mol. The van der Waals surface area contributed by atoms with E-state index in [1.54, 1.807) is 7.05 Å². The first-order valence-electron chi connectivity index (χ1n) is 6.59. The second-order valence-electron chi connectivity index (χ2n) is 5.12. The fraction of sp³-hybridized carbons (Fsp3) is 0.692. The lowest BCUT2D eigenvalue weighted by molar-refractivity contribution is 0.372. The van der Waals surface area contributed by atoms with Gasteiger partial charge < -0.3 is 15.2 Å². The molecule has 5 heteroatoms. The van der Waals surface area contributed by atoms with Crippen LogP contribution in [-0.4, -0.2) is 24.7 Å². The molecule has 1 aliphatic carbocycles. The molecule has 1 heterocycles. The van der Waals surface area contributed by atoms with Gasteiger partial charge in [-0.1, -0.05) is 19.0 Å². The minimum Gasteiger partial charge on any atom is -0.359 e. The number of aromatic nitrogens is 1. The lowest BCUT2D eigenvalue weighted by Gasteiger charge is -2.09. The van der Waals surface area contributed by atoms with E-state index in [1.165, 1.54) is 12.8 Å². The van der Waals surface area contributed by atoms with E-state index >= 15 is 0 Å². The predicted octanol–water partition coefficient (Wildman–Crippen LogP) is 1.87. The zero-order valence-electron chi connectivity index (χ0n) is 11.4. The van der Waals surface area contributed by atoms with Crippen molar-refractivity contribution < 1.29 is 4.52 Å². The number of rotatable bonds is 5. The van der Waals surface area contributed by atoms with Crippen LogP contribution in [0.5, 0.6) is 0 Å². The summed E-state index contributed by atoms with van der Waals surface area (Å²) >= 11 is 0. The van der Waals surface area contributed by atoms with Gasteiger partial charge in [-0.25, -0.2) is 0 Å². The quantitative estimate of drug-likeness (QED) is 0.618. The van der Waals surface area contributed by atoms with Crippen molar-refractivity contribution in [1.29, 1.82) is 0 Å². The van der Waals surface area contributed by atoms with Gasteiger partial charge in [-0.05, 0) is 24.7 Å². The van der Waals surface area contributed by atoms with Crippen molar-refractivity contribution in [2.24, 2.45) is 10.9 Å². The first kappa shape index (κ1) is 12.9. The minimum atomic E-state index is 0.398. The summed E-state index contributed by atoms with van der Waals surface area (Å²) in [6.07, 6.45) is 2.67. The number of nitrogens with zero attached hydrogens (tertiary/aromatic N) is 2. The Bertz CT molecular complexity index is 407. The standard InChI is InChI=1S/C13H22N4O/c1-9(2)12-6-11(18-17-12)8-16-13(14-3)15-7-10-4-5-10/h6,9-10H,4-5,7-8H2,1-3H3,(H2,14,15,16). The lowest BCUT2D eigenvalue weighted by Crippen LogP contribution is -2.37. The highest BCUT2D eigenvalue weighted by atomic mass is 16.5. The second kappa shape index (κ2) is 5.89. The maximum atomic E-state index is 5.26. The Labute approximate surface area is 108 Å². The van der Waals surface area contributed by atoms with Crippen molar-refractivity contribution >= 4 is 5.96 Å². The fourth-order valence-electron chi connectivity index (χ4n) is 1.64. The van der Waals surface area contributed by atoms with Crippen molar-refractivity contribution in [3.05, 3.63) is 17.5 Å². The van der Waals surface area contributed by atoms with Crippen LogP contribution in [0.4, 0.5) is 0 Å². The maximum Gasteiger partial charge on any atom is 0.191 e. The van der Waals surface area contributed by atoms with E-state index in [1.807, 2.05) is 6.07 Å². The first-order valence-corrected chi connectivity index (χ1v) is 6.59. The Kier molecular flexibility index (Phi) is 4.23. The van der Waals surface area contributed by atoms with Crippen LogP contribution in [0.2, 0.25) is 0 Å². The Morgan fingerprint density at radius 2 is 2.28 bits per heavy atom. The first-order chi connectivity index (χ1) is 8.69. The summed E-state index contributed by atoms with van der Waals surface area (Å²) in [4.78, 5) is 4.18. The van der Waals surface area contributed by atoms with Gasteiger partial charge in [0.25, 0.3) is 0 Å². The van der Waals surface area contributed by atoms with Crippen LogP contribution < -0.4 is 10.6 Å². The molecule has 0 spiro atoms. The summed E-state index contributed by atoms with van der Waals surface area (Å²) in [6, 6.07) is 1.99. The van der Waals surface area contributed by atoms with Crippen LogP contribution in [0.1, 0.15) is 44.1 Å². The molecule has 0 atom stereocenters. The summed E-state index contributed by atoms with van der Waals surface area (Å²) in [5.41, 5.74) is 0.993. The largest absolute Gasteiger partial charge is 0.359 e. The number of nitrogens with one attached hydrogen (secondary N) is 2. The lowest BCUT2D eigenvalue weighted by atomic mass is 10.1. The van der Waals surface area contributed by atoms with Gasteiger partial charge in [-0.15, -0.1) is 0 Å². The normalized spacial score (nSPS) is 16.1.